The Labute approximate surface area is 195 Å². The molecule has 5 rings (SSSR count). The maximum Gasteiger partial charge on any atom is 0.407 e. The number of fused-ring (bicyclic) bond motifs is 3. The molecule has 0 aromatic heterocycles. The number of nitrogens with one attached hydrogen (secondary N) is 1. The van der Waals surface area contributed by atoms with Gasteiger partial charge in [0.05, 0.1) is 12.1 Å². The van der Waals surface area contributed by atoms with Crippen molar-refractivity contribution in [3.8, 4) is 5.75 Å². The number of carbonyl (C=O) groups excluding carboxylic acids is 2. The Morgan fingerprint density at radius 3 is 2.53 bits per heavy atom. The summed E-state index contributed by atoms with van der Waals surface area (Å²) in [7, 11) is 0. The molecule has 34 heavy (non-hydrogen) atoms. The van der Waals surface area contributed by atoms with Crippen molar-refractivity contribution in [2.45, 2.75) is 31.1 Å². The molecule has 3 N–H and O–H groups in total. The standard InChI is InChI=1S/C24H25N3O7/c28-21(25-32)15-5-6-16-14-27(11-12-33-19(16)13-15)22(29)20-17-3-1-2-4-18(17)24(34-20)7-9-26(10-8-24)23(30)31/h1-6,13,20,32H,7-12,14H2,(H,25,28)(H,30,31). The van der Waals surface area contributed by atoms with E-state index in [0.29, 0.717) is 38.2 Å². The number of likely N-dealkylation sites (tertiary alicyclic amines) is 1. The average molecular weight is 467 g/mol. The highest BCUT2D eigenvalue weighted by Crippen LogP contribution is 2.50. The molecule has 1 unspecified atom stereocenters. The maximum absolute atomic E-state index is 13.7. The van der Waals surface area contributed by atoms with Crippen molar-refractivity contribution in [3.05, 3.63) is 64.7 Å². The molecule has 2 aromatic carbocycles. The second-order valence-electron chi connectivity index (χ2n) is 8.72. The fourth-order valence-electron chi connectivity index (χ4n) is 5.05. The van der Waals surface area contributed by atoms with Crippen LogP contribution in [0.2, 0.25) is 0 Å². The number of hydrogen-bond acceptors (Lipinski definition) is 6. The van der Waals surface area contributed by atoms with Crippen LogP contribution in [0.5, 0.6) is 5.75 Å². The van der Waals surface area contributed by atoms with Crippen molar-refractivity contribution in [1.29, 1.82) is 0 Å². The van der Waals surface area contributed by atoms with E-state index < -0.39 is 23.7 Å². The Morgan fingerprint density at radius 2 is 1.79 bits per heavy atom. The summed E-state index contributed by atoms with van der Waals surface area (Å²) in [5.41, 5.74) is 3.68. The summed E-state index contributed by atoms with van der Waals surface area (Å²) in [6, 6.07) is 12.5. The molecular weight excluding hydrogens is 442 g/mol. The highest BCUT2D eigenvalue weighted by Gasteiger charge is 2.50. The number of amides is 3. The molecule has 10 heteroatoms. The number of hydroxylamine groups is 1. The minimum Gasteiger partial charge on any atom is -0.491 e. The first-order chi connectivity index (χ1) is 16.4. The topological polar surface area (TPSA) is 129 Å². The lowest BCUT2D eigenvalue weighted by Crippen LogP contribution is -2.45. The Balaban J connectivity index is 1.39. The van der Waals surface area contributed by atoms with Crippen LogP contribution in [0.4, 0.5) is 4.79 Å². The van der Waals surface area contributed by atoms with Crippen LogP contribution < -0.4 is 10.2 Å². The van der Waals surface area contributed by atoms with Gasteiger partial charge in [-0.05, 0) is 36.1 Å². The van der Waals surface area contributed by atoms with Crippen molar-refractivity contribution in [1.82, 2.24) is 15.3 Å². The van der Waals surface area contributed by atoms with E-state index in [0.717, 1.165) is 16.7 Å². The third-order valence-electron chi connectivity index (χ3n) is 6.87. The van der Waals surface area contributed by atoms with Crippen molar-refractivity contribution < 1.29 is 34.2 Å². The predicted molar refractivity (Wildman–Crippen MR) is 117 cm³/mol. The van der Waals surface area contributed by atoms with E-state index in [1.54, 1.807) is 28.6 Å². The average Bonchev–Trinajstić information content (AvgIpc) is 3.01. The van der Waals surface area contributed by atoms with E-state index in [-0.39, 0.29) is 24.6 Å². The van der Waals surface area contributed by atoms with Gasteiger partial charge in [-0.2, -0.15) is 0 Å². The number of nitrogens with zero attached hydrogens (tertiary/aromatic N) is 2. The quantitative estimate of drug-likeness (QED) is 0.456. The van der Waals surface area contributed by atoms with Gasteiger partial charge >= 0.3 is 6.09 Å². The van der Waals surface area contributed by atoms with Crippen LogP contribution in [0.25, 0.3) is 0 Å². The van der Waals surface area contributed by atoms with E-state index in [2.05, 4.69) is 0 Å². The van der Waals surface area contributed by atoms with E-state index in [1.807, 2.05) is 24.3 Å². The van der Waals surface area contributed by atoms with Crippen LogP contribution in [0.15, 0.2) is 42.5 Å². The molecule has 1 fully saturated rings. The fraction of sp³-hybridized carbons (Fsp3) is 0.375. The smallest absolute Gasteiger partial charge is 0.407 e. The second-order valence-corrected chi connectivity index (χ2v) is 8.72. The van der Waals surface area contributed by atoms with Gasteiger partial charge in [0.2, 0.25) is 0 Å². The summed E-state index contributed by atoms with van der Waals surface area (Å²) in [6.07, 6.45) is -0.756. The van der Waals surface area contributed by atoms with Crippen molar-refractivity contribution in [2.75, 3.05) is 26.2 Å². The summed E-state index contributed by atoms with van der Waals surface area (Å²) in [5.74, 6) is -0.334. The molecule has 3 aliphatic heterocycles. The van der Waals surface area contributed by atoms with E-state index in [4.69, 9.17) is 14.7 Å². The molecule has 178 valence electrons. The summed E-state index contributed by atoms with van der Waals surface area (Å²) in [6.45, 7) is 1.57. The molecule has 0 radical (unpaired) electrons. The van der Waals surface area contributed by atoms with Gasteiger partial charge in [0.1, 0.15) is 12.4 Å². The number of rotatable bonds is 2. The number of hydrogen-bond donors (Lipinski definition) is 3. The van der Waals surface area contributed by atoms with E-state index in [9.17, 15) is 19.5 Å². The Hall–Kier alpha value is -3.63. The van der Waals surface area contributed by atoms with Crippen LogP contribution in [0.1, 0.15) is 46.0 Å². The summed E-state index contributed by atoms with van der Waals surface area (Å²) >= 11 is 0. The first kappa shape index (κ1) is 22.2. The van der Waals surface area contributed by atoms with Gasteiger partial charge in [0, 0.05) is 30.8 Å². The Morgan fingerprint density at radius 1 is 1.03 bits per heavy atom. The lowest BCUT2D eigenvalue weighted by Gasteiger charge is -2.38. The lowest BCUT2D eigenvalue weighted by atomic mass is 9.83. The minimum absolute atomic E-state index is 0.182. The van der Waals surface area contributed by atoms with Crippen molar-refractivity contribution in [3.63, 3.8) is 0 Å². The highest BCUT2D eigenvalue weighted by molar-refractivity contribution is 5.94. The molecule has 0 saturated carbocycles. The molecule has 2 aromatic rings. The first-order valence-electron chi connectivity index (χ1n) is 11.2. The SMILES string of the molecule is O=C(NO)c1ccc2c(c1)OCCN(C(=O)C1OC3(CCN(C(=O)O)CC3)c3ccccc31)C2. The molecule has 3 aliphatic rings. The van der Waals surface area contributed by atoms with Gasteiger partial charge in [-0.1, -0.05) is 30.3 Å². The number of benzene rings is 2. The third kappa shape index (κ3) is 3.74. The van der Waals surface area contributed by atoms with Crippen LogP contribution in [-0.4, -0.2) is 64.3 Å². The molecule has 3 amide bonds. The predicted octanol–water partition coefficient (Wildman–Crippen LogP) is 2.27. The van der Waals surface area contributed by atoms with Gasteiger partial charge in [-0.25, -0.2) is 10.3 Å². The monoisotopic (exact) mass is 467 g/mol. The van der Waals surface area contributed by atoms with Gasteiger partial charge in [0.25, 0.3) is 11.8 Å². The number of carbonyl (C=O) groups is 3. The fourth-order valence-corrected chi connectivity index (χ4v) is 5.05. The number of carboxylic acid groups (broad SMARTS) is 1. The zero-order valence-electron chi connectivity index (χ0n) is 18.4. The van der Waals surface area contributed by atoms with Gasteiger partial charge < -0.3 is 24.4 Å². The largest absolute Gasteiger partial charge is 0.491 e. The molecule has 10 nitrogen and oxygen atoms in total. The first-order valence-corrected chi connectivity index (χ1v) is 11.2. The second kappa shape index (κ2) is 8.62. The molecule has 1 atom stereocenters. The molecule has 0 aliphatic carbocycles. The summed E-state index contributed by atoms with van der Waals surface area (Å²) in [4.78, 5) is 39.8. The maximum atomic E-state index is 13.7. The van der Waals surface area contributed by atoms with Gasteiger partial charge in [-0.3, -0.25) is 14.8 Å². The molecule has 3 heterocycles. The van der Waals surface area contributed by atoms with Crippen LogP contribution in [0.3, 0.4) is 0 Å². The van der Waals surface area contributed by atoms with Gasteiger partial charge in [-0.15, -0.1) is 0 Å². The Bertz CT molecular complexity index is 1140. The number of ether oxygens (including phenoxy) is 2. The Kier molecular flexibility index (Phi) is 5.62. The zero-order chi connectivity index (χ0) is 23.9. The lowest BCUT2D eigenvalue weighted by molar-refractivity contribution is -0.160. The minimum atomic E-state index is -0.948. The highest BCUT2D eigenvalue weighted by atomic mass is 16.5. The summed E-state index contributed by atoms with van der Waals surface area (Å²) < 4.78 is 12.2. The van der Waals surface area contributed by atoms with E-state index in [1.165, 1.54) is 4.90 Å². The van der Waals surface area contributed by atoms with E-state index >= 15 is 0 Å². The molecule has 1 spiro atoms. The molecular formula is C24H25N3O7. The van der Waals surface area contributed by atoms with Crippen LogP contribution in [-0.2, 0) is 21.7 Å². The molecule has 0 bridgehead atoms. The normalized spacial score (nSPS) is 20.7. The number of piperidine rings is 1. The van der Waals surface area contributed by atoms with Crippen molar-refractivity contribution in [2.24, 2.45) is 0 Å². The van der Waals surface area contributed by atoms with Gasteiger partial charge in [0.15, 0.2) is 6.10 Å². The van der Waals surface area contributed by atoms with Crippen molar-refractivity contribution >= 4 is 17.9 Å². The molecule has 1 saturated heterocycles. The zero-order valence-corrected chi connectivity index (χ0v) is 18.4. The van der Waals surface area contributed by atoms with Crippen LogP contribution >= 0.6 is 0 Å². The summed E-state index contributed by atoms with van der Waals surface area (Å²) in [5, 5.41) is 18.2. The van der Waals surface area contributed by atoms with Crippen LogP contribution in [0, 0.1) is 0 Å². The third-order valence-corrected chi connectivity index (χ3v) is 6.87.